The Morgan fingerprint density at radius 3 is 2.75 bits per heavy atom. The van der Waals surface area contributed by atoms with Crippen molar-refractivity contribution in [2.24, 2.45) is 0 Å². The molecule has 0 aliphatic heterocycles. The van der Waals surface area contributed by atoms with Gasteiger partial charge in [0.2, 0.25) is 0 Å². The minimum absolute atomic E-state index is 0.388. The lowest BCUT2D eigenvalue weighted by molar-refractivity contribution is 0.404. The molecule has 3 nitrogen and oxygen atoms in total. The molecule has 90 valence electrons. The van der Waals surface area contributed by atoms with E-state index in [2.05, 4.69) is 12.2 Å². The second-order valence-corrected chi connectivity index (χ2v) is 5.22. The van der Waals surface area contributed by atoms with Crippen molar-refractivity contribution in [1.29, 1.82) is 0 Å². The van der Waals surface area contributed by atoms with E-state index >= 15 is 0 Å². The Balaban J connectivity index is 2.65. The van der Waals surface area contributed by atoms with E-state index in [9.17, 15) is 4.21 Å². The van der Waals surface area contributed by atoms with E-state index in [1.165, 1.54) is 0 Å². The van der Waals surface area contributed by atoms with Gasteiger partial charge in [-0.15, -0.1) is 0 Å². The molecule has 0 amide bonds. The first-order chi connectivity index (χ1) is 7.69. The molecule has 2 atom stereocenters. The Labute approximate surface area is 99.7 Å². The van der Waals surface area contributed by atoms with E-state index in [-0.39, 0.29) is 0 Å². The third-order valence-corrected chi connectivity index (χ3v) is 3.98. The monoisotopic (exact) mass is 241 g/mol. The SMILES string of the molecule is CNC(C)CCS(=O)c1ccccc1OC. The van der Waals surface area contributed by atoms with E-state index in [0.717, 1.165) is 11.3 Å². The van der Waals surface area contributed by atoms with Crippen molar-refractivity contribution in [1.82, 2.24) is 5.32 Å². The van der Waals surface area contributed by atoms with Crippen LogP contribution in [0, 0.1) is 0 Å². The van der Waals surface area contributed by atoms with Crippen molar-refractivity contribution in [2.45, 2.75) is 24.3 Å². The molecule has 1 aromatic carbocycles. The van der Waals surface area contributed by atoms with Gasteiger partial charge in [0, 0.05) is 11.8 Å². The third kappa shape index (κ3) is 3.61. The molecule has 1 N–H and O–H groups in total. The van der Waals surface area contributed by atoms with Gasteiger partial charge in [0.25, 0.3) is 0 Å². The maximum absolute atomic E-state index is 12.0. The van der Waals surface area contributed by atoms with Crippen LogP contribution in [0.4, 0.5) is 0 Å². The van der Waals surface area contributed by atoms with Crippen molar-refractivity contribution >= 4 is 10.8 Å². The highest BCUT2D eigenvalue weighted by Gasteiger charge is 2.10. The number of benzene rings is 1. The Bertz CT molecular complexity index is 355. The zero-order chi connectivity index (χ0) is 12.0. The molecule has 2 unspecified atom stereocenters. The fraction of sp³-hybridized carbons (Fsp3) is 0.500. The zero-order valence-electron chi connectivity index (χ0n) is 10.0. The third-order valence-electron chi connectivity index (χ3n) is 2.54. The van der Waals surface area contributed by atoms with E-state index in [0.29, 0.717) is 17.5 Å². The molecular weight excluding hydrogens is 222 g/mol. The standard InChI is InChI=1S/C12H19NO2S/c1-10(13-2)8-9-16(14)12-7-5-4-6-11(12)15-3/h4-7,10,13H,8-9H2,1-3H3. The maximum atomic E-state index is 12.0. The van der Waals surface area contributed by atoms with Gasteiger partial charge >= 0.3 is 0 Å². The molecule has 0 spiro atoms. The average Bonchev–Trinajstić information content (AvgIpc) is 2.35. The number of methoxy groups -OCH3 is 1. The highest BCUT2D eigenvalue weighted by atomic mass is 32.2. The summed E-state index contributed by atoms with van der Waals surface area (Å²) in [7, 11) is 2.53. The lowest BCUT2D eigenvalue weighted by Gasteiger charge is -2.11. The Morgan fingerprint density at radius 2 is 2.12 bits per heavy atom. The van der Waals surface area contributed by atoms with Crippen LogP contribution in [-0.4, -0.2) is 30.2 Å². The maximum Gasteiger partial charge on any atom is 0.134 e. The molecule has 16 heavy (non-hydrogen) atoms. The van der Waals surface area contributed by atoms with Crippen molar-refractivity contribution < 1.29 is 8.95 Å². The van der Waals surface area contributed by atoms with Crippen molar-refractivity contribution in [2.75, 3.05) is 19.9 Å². The topological polar surface area (TPSA) is 38.3 Å². The number of hydrogen-bond acceptors (Lipinski definition) is 3. The van der Waals surface area contributed by atoms with Gasteiger partial charge in [-0.25, -0.2) is 0 Å². The lowest BCUT2D eigenvalue weighted by atomic mass is 10.3. The average molecular weight is 241 g/mol. The molecule has 0 aromatic heterocycles. The minimum atomic E-state index is -0.982. The molecule has 0 heterocycles. The summed E-state index contributed by atoms with van der Waals surface area (Å²) in [6.07, 6.45) is 0.890. The van der Waals surface area contributed by atoms with Gasteiger partial charge in [-0.1, -0.05) is 12.1 Å². The second kappa shape index (κ2) is 6.66. The molecule has 0 saturated carbocycles. The van der Waals surface area contributed by atoms with Gasteiger partial charge < -0.3 is 10.1 Å². The Kier molecular flexibility index (Phi) is 5.49. The van der Waals surface area contributed by atoms with E-state index < -0.39 is 10.8 Å². The van der Waals surface area contributed by atoms with Crippen LogP contribution in [0.3, 0.4) is 0 Å². The second-order valence-electron chi connectivity index (χ2n) is 3.68. The highest BCUT2D eigenvalue weighted by molar-refractivity contribution is 7.85. The van der Waals surface area contributed by atoms with Crippen LogP contribution >= 0.6 is 0 Å². The van der Waals surface area contributed by atoms with Gasteiger partial charge in [0.05, 0.1) is 22.8 Å². The van der Waals surface area contributed by atoms with Crippen LogP contribution in [-0.2, 0) is 10.8 Å². The number of nitrogens with one attached hydrogen (secondary N) is 1. The molecule has 0 aliphatic carbocycles. The predicted molar refractivity (Wildman–Crippen MR) is 67.4 cm³/mol. The fourth-order valence-corrected chi connectivity index (χ4v) is 2.74. The van der Waals surface area contributed by atoms with Crippen LogP contribution < -0.4 is 10.1 Å². The lowest BCUT2D eigenvalue weighted by Crippen LogP contribution is -2.23. The molecule has 1 aromatic rings. The predicted octanol–water partition coefficient (Wildman–Crippen LogP) is 1.80. The van der Waals surface area contributed by atoms with Crippen molar-refractivity contribution in [3.8, 4) is 5.75 Å². The van der Waals surface area contributed by atoms with Gasteiger partial charge in [-0.2, -0.15) is 0 Å². The van der Waals surface area contributed by atoms with E-state index in [1.807, 2.05) is 31.3 Å². The largest absolute Gasteiger partial charge is 0.495 e. The van der Waals surface area contributed by atoms with Crippen LogP contribution in [0.15, 0.2) is 29.2 Å². The van der Waals surface area contributed by atoms with Gasteiger partial charge in [0.1, 0.15) is 5.75 Å². The summed E-state index contributed by atoms with van der Waals surface area (Å²) in [6.45, 7) is 2.08. The quantitative estimate of drug-likeness (QED) is 0.825. The smallest absolute Gasteiger partial charge is 0.134 e. The minimum Gasteiger partial charge on any atom is -0.495 e. The normalized spacial score (nSPS) is 14.4. The summed E-state index contributed by atoms with van der Waals surface area (Å²) in [6, 6.07) is 7.86. The number of ether oxygens (including phenoxy) is 1. The molecular formula is C12H19NO2S. The molecule has 0 radical (unpaired) electrons. The summed E-state index contributed by atoms with van der Waals surface area (Å²) in [4.78, 5) is 0.785. The summed E-state index contributed by atoms with van der Waals surface area (Å²) < 4.78 is 17.2. The molecule has 0 fully saturated rings. The summed E-state index contributed by atoms with van der Waals surface area (Å²) in [5, 5.41) is 3.13. The first-order valence-electron chi connectivity index (χ1n) is 5.37. The fourth-order valence-electron chi connectivity index (χ4n) is 1.34. The number of para-hydroxylation sites is 1. The van der Waals surface area contributed by atoms with Crippen molar-refractivity contribution in [3.63, 3.8) is 0 Å². The summed E-state index contributed by atoms with van der Waals surface area (Å²) >= 11 is 0. The number of rotatable bonds is 6. The van der Waals surface area contributed by atoms with Crippen LogP contribution in [0.2, 0.25) is 0 Å². The van der Waals surface area contributed by atoms with Gasteiger partial charge in [-0.3, -0.25) is 4.21 Å². The van der Waals surface area contributed by atoms with Crippen LogP contribution in [0.1, 0.15) is 13.3 Å². The van der Waals surface area contributed by atoms with Crippen molar-refractivity contribution in [3.05, 3.63) is 24.3 Å². The molecule has 0 saturated heterocycles. The zero-order valence-corrected chi connectivity index (χ0v) is 10.8. The Hall–Kier alpha value is -0.870. The van der Waals surface area contributed by atoms with E-state index in [1.54, 1.807) is 7.11 Å². The van der Waals surface area contributed by atoms with Crippen LogP contribution in [0.25, 0.3) is 0 Å². The number of hydrogen-bond donors (Lipinski definition) is 1. The van der Waals surface area contributed by atoms with Gasteiger partial charge in [-0.05, 0) is 32.5 Å². The van der Waals surface area contributed by atoms with Crippen LogP contribution in [0.5, 0.6) is 5.75 Å². The Morgan fingerprint density at radius 1 is 1.44 bits per heavy atom. The summed E-state index contributed by atoms with van der Waals surface area (Å²) in [5.74, 6) is 1.36. The molecule has 4 heteroatoms. The molecule has 0 bridgehead atoms. The highest BCUT2D eigenvalue weighted by Crippen LogP contribution is 2.21. The first kappa shape index (κ1) is 13.2. The molecule has 1 rings (SSSR count). The first-order valence-corrected chi connectivity index (χ1v) is 6.69. The molecule has 0 aliphatic rings. The van der Waals surface area contributed by atoms with E-state index in [4.69, 9.17) is 4.74 Å². The summed E-state index contributed by atoms with van der Waals surface area (Å²) in [5.41, 5.74) is 0. The van der Waals surface area contributed by atoms with Gasteiger partial charge in [0.15, 0.2) is 0 Å².